The quantitative estimate of drug-likeness (QED) is 0.143. The molecule has 0 aliphatic carbocycles. The number of nitrogens with zero attached hydrogens (tertiary/aromatic N) is 1. The van der Waals surface area contributed by atoms with Gasteiger partial charge in [0.25, 0.3) is 0 Å². The van der Waals surface area contributed by atoms with Gasteiger partial charge in [-0.05, 0) is 145 Å². The molecule has 0 aliphatic rings. The molecule has 0 rings (SSSR count). The molecule has 6 nitrogen and oxygen atoms in total. The minimum atomic E-state index is 0.0220. The average molecular weight is 827 g/mol. The summed E-state index contributed by atoms with van der Waals surface area (Å²) in [6, 6.07) is 3.24. The van der Waals surface area contributed by atoms with E-state index in [1.165, 1.54) is 5.75 Å². The fraction of sp³-hybridized carbons (Fsp3) is 1.00. The first-order valence-electron chi connectivity index (χ1n) is 22.8. The summed E-state index contributed by atoms with van der Waals surface area (Å²) >= 11 is 2.04. The summed E-state index contributed by atoms with van der Waals surface area (Å²) in [6.07, 6.45) is 1.47. The summed E-state index contributed by atoms with van der Waals surface area (Å²) in [6.45, 7) is 66.6. The third-order valence-corrected chi connectivity index (χ3v) is 8.76. The minimum absolute atomic E-state index is 0.0220. The third-order valence-electron chi connectivity index (χ3n) is 7.23. The van der Waals surface area contributed by atoms with Crippen LogP contribution < -0.4 is 10.6 Å². The first-order valence-corrected chi connectivity index (χ1v) is 23.9. The van der Waals surface area contributed by atoms with Crippen molar-refractivity contribution >= 4 is 11.8 Å². The second-order valence-electron chi connectivity index (χ2n) is 20.0. The molecule has 0 unspecified atom stereocenters. The van der Waals surface area contributed by atoms with Gasteiger partial charge in [-0.3, -0.25) is 0 Å². The van der Waals surface area contributed by atoms with Crippen LogP contribution in [0.2, 0.25) is 0 Å². The molecule has 0 amide bonds. The van der Waals surface area contributed by atoms with Crippen molar-refractivity contribution in [3.63, 3.8) is 0 Å². The molecule has 0 aromatic carbocycles. The normalized spacial score (nSPS) is 11.7. The van der Waals surface area contributed by atoms with Gasteiger partial charge < -0.3 is 29.7 Å². The highest BCUT2D eigenvalue weighted by Gasteiger charge is 2.23. The van der Waals surface area contributed by atoms with Crippen LogP contribution in [-0.4, -0.2) is 96.3 Å². The summed E-state index contributed by atoms with van der Waals surface area (Å²) < 4.78 is 16.3. The van der Waals surface area contributed by atoms with Gasteiger partial charge in [0.15, 0.2) is 0 Å². The lowest BCUT2D eigenvalue weighted by molar-refractivity contribution is -0.0835. The molecular formula is C49H115N3O3S. The van der Waals surface area contributed by atoms with Crippen LogP contribution in [0.5, 0.6) is 0 Å². The number of rotatable bonds is 18. The molecule has 0 spiro atoms. The molecule has 0 aromatic heterocycles. The molecule has 56 heavy (non-hydrogen) atoms. The zero-order chi connectivity index (χ0) is 46.5. The Balaban J connectivity index is -0.000000100. The lowest BCUT2D eigenvalue weighted by Crippen LogP contribution is -2.33. The van der Waals surface area contributed by atoms with Gasteiger partial charge in [0, 0.05) is 36.8 Å². The van der Waals surface area contributed by atoms with E-state index in [0.717, 1.165) is 30.2 Å². The largest absolute Gasteiger partial charge is 0.379 e. The Morgan fingerprint density at radius 3 is 0.964 bits per heavy atom. The summed E-state index contributed by atoms with van der Waals surface area (Å²) in [5.74, 6) is 4.17. The number of hydrogen-bond donors (Lipinski definition) is 2. The first-order chi connectivity index (χ1) is 25.0. The molecule has 0 fully saturated rings. The molecule has 0 radical (unpaired) electrons. The number of ether oxygens (including phenoxy) is 3. The summed E-state index contributed by atoms with van der Waals surface area (Å²) in [4.78, 5) is 2.33. The monoisotopic (exact) mass is 826 g/mol. The molecule has 7 heteroatoms. The van der Waals surface area contributed by atoms with E-state index in [1.807, 2.05) is 39.5 Å². The second kappa shape index (κ2) is 44.7. The fourth-order valence-electron chi connectivity index (χ4n) is 3.79. The molecule has 0 atom stereocenters. The van der Waals surface area contributed by atoms with Crippen molar-refractivity contribution in [3.8, 4) is 0 Å². The highest BCUT2D eigenvalue weighted by molar-refractivity contribution is 7.99. The standard InChI is InChI=1S/C9H20O.2C7H17N.C7H16O.C7H16S.C6H15N.C6H14O/c1-7(2)9(5,6)10-8(3)4;1-6(2)8(5)7(3)4;3*1-6(2)5-8-7(3)4;2*1-5(2)7-6(3)4/h7-8H,1-6H3;6-7H,1-5H3;6-8H,5H2,1-4H3;2*6-7H,5H2,1-4H3;5-7H,1-4H3;5-6H,1-4H3. The Hall–Kier alpha value is 0.110. The van der Waals surface area contributed by atoms with Crippen LogP contribution in [-0.2, 0) is 14.2 Å². The Labute approximate surface area is 363 Å². The molecule has 350 valence electrons. The van der Waals surface area contributed by atoms with Crippen LogP contribution in [0.4, 0.5) is 0 Å². The Kier molecular flexibility index (Phi) is 56.3. The van der Waals surface area contributed by atoms with Crippen molar-refractivity contribution in [2.75, 3.05) is 26.0 Å². The zero-order valence-electron chi connectivity index (χ0n) is 44.8. The van der Waals surface area contributed by atoms with E-state index in [1.54, 1.807) is 0 Å². The first kappa shape index (κ1) is 70.7. The van der Waals surface area contributed by atoms with Crippen molar-refractivity contribution < 1.29 is 14.2 Å². The highest BCUT2D eigenvalue weighted by Crippen LogP contribution is 2.21. The Morgan fingerprint density at radius 2 is 0.893 bits per heavy atom. The Morgan fingerprint density at radius 1 is 0.500 bits per heavy atom. The molecular weight excluding hydrogens is 711 g/mol. The lowest BCUT2D eigenvalue weighted by atomic mass is 9.94. The van der Waals surface area contributed by atoms with Crippen LogP contribution in [0.1, 0.15) is 208 Å². The van der Waals surface area contributed by atoms with Gasteiger partial charge >= 0.3 is 0 Å². The maximum absolute atomic E-state index is 5.70. The predicted molar refractivity (Wildman–Crippen MR) is 264 cm³/mol. The molecule has 0 saturated carbocycles. The van der Waals surface area contributed by atoms with Gasteiger partial charge in [-0.25, -0.2) is 0 Å². The number of thioether (sulfide) groups is 1. The van der Waals surface area contributed by atoms with Crippen molar-refractivity contribution in [1.29, 1.82) is 0 Å². The third kappa shape index (κ3) is 86.1. The predicted octanol–water partition coefficient (Wildman–Crippen LogP) is 14.3. The topological polar surface area (TPSA) is 55.0 Å². The summed E-state index contributed by atoms with van der Waals surface area (Å²) in [5.41, 5.74) is 0.0220. The van der Waals surface area contributed by atoms with Crippen LogP contribution in [0.25, 0.3) is 0 Å². The molecule has 2 N–H and O–H groups in total. The van der Waals surface area contributed by atoms with Crippen LogP contribution in [0, 0.1) is 23.7 Å². The van der Waals surface area contributed by atoms with Gasteiger partial charge in [0.05, 0.1) is 30.0 Å². The van der Waals surface area contributed by atoms with Gasteiger partial charge in [0.1, 0.15) is 0 Å². The molecule has 0 aliphatic heterocycles. The van der Waals surface area contributed by atoms with Crippen LogP contribution in [0.3, 0.4) is 0 Å². The highest BCUT2D eigenvalue weighted by atomic mass is 32.2. The van der Waals surface area contributed by atoms with E-state index in [-0.39, 0.29) is 5.60 Å². The minimum Gasteiger partial charge on any atom is -0.379 e. The summed E-state index contributed by atoms with van der Waals surface area (Å²) in [7, 11) is 2.15. The molecule has 0 bridgehead atoms. The van der Waals surface area contributed by atoms with Crippen LogP contribution >= 0.6 is 11.8 Å². The van der Waals surface area contributed by atoms with Crippen molar-refractivity contribution in [2.45, 2.75) is 273 Å². The van der Waals surface area contributed by atoms with E-state index < -0.39 is 0 Å². The van der Waals surface area contributed by atoms with Crippen molar-refractivity contribution in [1.82, 2.24) is 15.5 Å². The van der Waals surface area contributed by atoms with E-state index in [9.17, 15) is 0 Å². The fourth-order valence-corrected chi connectivity index (χ4v) is 4.56. The SMILES string of the molecule is CC(C)CNC(C)C.CC(C)COC(C)C.CC(C)CSC(C)C.CC(C)N(C)C(C)C.CC(C)NC(C)C.CC(C)OC(C)(C)C(C)C.CC(C)OC(C)C. The zero-order valence-corrected chi connectivity index (χ0v) is 45.6. The molecule has 0 aromatic rings. The number of nitrogens with one attached hydrogen (secondary N) is 2. The van der Waals surface area contributed by atoms with Gasteiger partial charge in [-0.2, -0.15) is 11.8 Å². The maximum Gasteiger partial charge on any atom is 0.0652 e. The van der Waals surface area contributed by atoms with Gasteiger partial charge in [-0.1, -0.05) is 111 Å². The van der Waals surface area contributed by atoms with Crippen molar-refractivity contribution in [2.24, 2.45) is 23.7 Å². The van der Waals surface area contributed by atoms with E-state index in [4.69, 9.17) is 14.2 Å². The van der Waals surface area contributed by atoms with Crippen LogP contribution in [0.15, 0.2) is 0 Å². The second-order valence-corrected chi connectivity index (χ2v) is 21.6. The number of hydrogen-bond acceptors (Lipinski definition) is 7. The maximum atomic E-state index is 5.70. The van der Waals surface area contributed by atoms with Gasteiger partial charge in [0.2, 0.25) is 0 Å². The summed E-state index contributed by atoms with van der Waals surface area (Å²) in [5, 5.41) is 7.45. The lowest BCUT2D eigenvalue weighted by Gasteiger charge is -2.31. The van der Waals surface area contributed by atoms with Crippen molar-refractivity contribution in [3.05, 3.63) is 0 Å². The van der Waals surface area contributed by atoms with E-state index >= 15 is 0 Å². The van der Waals surface area contributed by atoms with E-state index in [0.29, 0.717) is 66.5 Å². The van der Waals surface area contributed by atoms with Gasteiger partial charge in [-0.15, -0.1) is 0 Å². The molecule has 0 heterocycles. The molecule has 0 saturated heterocycles. The average Bonchev–Trinajstić information content (AvgIpc) is 2.97. The van der Waals surface area contributed by atoms with E-state index in [2.05, 4.69) is 203 Å². The smallest absolute Gasteiger partial charge is 0.0652 e. The Bertz CT molecular complexity index is 621.